The van der Waals surface area contributed by atoms with E-state index in [1.54, 1.807) is 6.07 Å². The number of nitrogens with one attached hydrogen (secondary N) is 1. The number of halogens is 1. The fourth-order valence-electron chi connectivity index (χ4n) is 2.59. The number of methoxy groups -OCH3 is 1. The quantitative estimate of drug-likeness (QED) is 0.798. The number of anilines is 1. The lowest BCUT2D eigenvalue weighted by Crippen LogP contribution is -2.55. The maximum atomic E-state index is 12.5. The first kappa shape index (κ1) is 17.8. The molecule has 1 amide bonds. The molecule has 1 heterocycles. The highest BCUT2D eigenvalue weighted by atomic mass is 35.5. The Labute approximate surface area is 141 Å². The van der Waals surface area contributed by atoms with E-state index in [-0.39, 0.29) is 11.4 Å². The predicted molar refractivity (Wildman–Crippen MR) is 91.2 cm³/mol. The van der Waals surface area contributed by atoms with Crippen molar-refractivity contribution in [2.75, 3.05) is 45.7 Å². The van der Waals surface area contributed by atoms with Gasteiger partial charge in [0.05, 0.1) is 36.6 Å². The third-order valence-corrected chi connectivity index (χ3v) is 4.44. The van der Waals surface area contributed by atoms with Crippen LogP contribution in [-0.4, -0.2) is 56.3 Å². The van der Waals surface area contributed by atoms with Crippen LogP contribution in [0.3, 0.4) is 0 Å². The highest BCUT2D eigenvalue weighted by Gasteiger charge is 2.29. The number of nitrogens with two attached hydrogens (primary N) is 1. The van der Waals surface area contributed by atoms with Gasteiger partial charge in [-0.05, 0) is 19.9 Å². The van der Waals surface area contributed by atoms with Gasteiger partial charge in [0, 0.05) is 31.2 Å². The van der Waals surface area contributed by atoms with E-state index in [2.05, 4.69) is 24.1 Å². The van der Waals surface area contributed by atoms with Gasteiger partial charge in [-0.25, -0.2) is 0 Å². The number of carbonyl (C=O) groups is 1. The third-order valence-electron chi connectivity index (χ3n) is 4.11. The van der Waals surface area contributed by atoms with Gasteiger partial charge in [-0.15, -0.1) is 0 Å². The summed E-state index contributed by atoms with van der Waals surface area (Å²) >= 11 is 6.02. The standard InChI is InChI=1S/C16H24ClN3O3/c1-16(2,20-4-6-23-7-5-20)10-19-15(21)11-8-12(17)13(18)9-14(11)22-3/h8-9H,4-7,10,18H2,1-3H3,(H,19,21). The molecule has 0 unspecified atom stereocenters. The molecule has 0 spiro atoms. The zero-order valence-corrected chi connectivity index (χ0v) is 14.6. The van der Waals surface area contributed by atoms with Crippen LogP contribution in [0.25, 0.3) is 0 Å². The molecule has 0 saturated carbocycles. The van der Waals surface area contributed by atoms with E-state index < -0.39 is 0 Å². The first-order valence-corrected chi connectivity index (χ1v) is 7.97. The molecule has 128 valence electrons. The van der Waals surface area contributed by atoms with Crippen LogP contribution >= 0.6 is 11.6 Å². The van der Waals surface area contributed by atoms with Crippen LogP contribution in [0.4, 0.5) is 5.69 Å². The van der Waals surface area contributed by atoms with Gasteiger partial charge >= 0.3 is 0 Å². The van der Waals surface area contributed by atoms with Crippen molar-refractivity contribution in [3.8, 4) is 5.75 Å². The molecule has 1 aliphatic heterocycles. The smallest absolute Gasteiger partial charge is 0.255 e. The lowest BCUT2D eigenvalue weighted by molar-refractivity contribution is -0.00923. The molecule has 1 aliphatic rings. The topological polar surface area (TPSA) is 76.8 Å². The molecule has 23 heavy (non-hydrogen) atoms. The SMILES string of the molecule is COc1cc(N)c(Cl)cc1C(=O)NCC(C)(C)N1CCOCC1. The summed E-state index contributed by atoms with van der Waals surface area (Å²) in [6.45, 7) is 7.88. The number of nitrogen functional groups attached to an aromatic ring is 1. The number of hydrogen-bond acceptors (Lipinski definition) is 5. The fraction of sp³-hybridized carbons (Fsp3) is 0.562. The zero-order chi connectivity index (χ0) is 17.0. The minimum atomic E-state index is -0.231. The van der Waals surface area contributed by atoms with Crippen LogP contribution in [0.15, 0.2) is 12.1 Å². The maximum absolute atomic E-state index is 12.5. The summed E-state index contributed by atoms with van der Waals surface area (Å²) in [5, 5.41) is 3.29. The molecule has 6 nitrogen and oxygen atoms in total. The van der Waals surface area contributed by atoms with Crippen molar-refractivity contribution in [3.63, 3.8) is 0 Å². The second kappa shape index (κ2) is 7.38. The number of rotatable bonds is 5. The Kier molecular flexibility index (Phi) is 5.73. The largest absolute Gasteiger partial charge is 0.496 e. The van der Waals surface area contributed by atoms with Crippen molar-refractivity contribution in [2.45, 2.75) is 19.4 Å². The molecule has 0 atom stereocenters. The summed E-state index contributed by atoms with van der Waals surface area (Å²) in [5.74, 6) is 0.179. The van der Waals surface area contributed by atoms with Crippen molar-refractivity contribution in [1.82, 2.24) is 10.2 Å². The molecular formula is C16H24ClN3O3. The Balaban J connectivity index is 2.05. The van der Waals surface area contributed by atoms with Gasteiger partial charge in [-0.3, -0.25) is 9.69 Å². The van der Waals surface area contributed by atoms with Gasteiger partial charge in [0.25, 0.3) is 5.91 Å². The molecule has 1 aromatic rings. The third kappa shape index (κ3) is 4.28. The minimum Gasteiger partial charge on any atom is -0.496 e. The lowest BCUT2D eigenvalue weighted by Gasteiger charge is -2.40. The van der Waals surface area contributed by atoms with E-state index in [1.165, 1.54) is 13.2 Å². The van der Waals surface area contributed by atoms with Crippen LogP contribution in [0, 0.1) is 0 Å². The second-order valence-corrected chi connectivity index (χ2v) is 6.58. The Bertz CT molecular complexity index is 572. The predicted octanol–water partition coefficient (Wildman–Crippen LogP) is 1.77. The molecule has 1 aromatic carbocycles. The van der Waals surface area contributed by atoms with Crippen molar-refractivity contribution in [1.29, 1.82) is 0 Å². The van der Waals surface area contributed by atoms with Gasteiger partial charge in [0.2, 0.25) is 0 Å². The summed E-state index contributed by atoms with van der Waals surface area (Å²) in [6, 6.07) is 3.09. The summed E-state index contributed by atoms with van der Waals surface area (Å²) in [5.41, 5.74) is 6.34. The van der Waals surface area contributed by atoms with E-state index in [0.717, 1.165) is 26.3 Å². The molecule has 0 bridgehead atoms. The second-order valence-electron chi connectivity index (χ2n) is 6.17. The van der Waals surface area contributed by atoms with E-state index in [4.69, 9.17) is 26.8 Å². The Morgan fingerprint density at radius 3 is 2.70 bits per heavy atom. The zero-order valence-electron chi connectivity index (χ0n) is 13.8. The van der Waals surface area contributed by atoms with Gasteiger partial charge in [0.15, 0.2) is 0 Å². The number of hydrogen-bond donors (Lipinski definition) is 2. The number of ether oxygens (including phenoxy) is 2. The van der Waals surface area contributed by atoms with Crippen molar-refractivity contribution >= 4 is 23.2 Å². The summed E-state index contributed by atoms with van der Waals surface area (Å²) in [4.78, 5) is 14.8. The van der Waals surface area contributed by atoms with E-state index in [1.807, 2.05) is 0 Å². The van der Waals surface area contributed by atoms with Crippen LogP contribution < -0.4 is 15.8 Å². The summed E-state index contributed by atoms with van der Waals surface area (Å²) < 4.78 is 10.6. The number of benzene rings is 1. The van der Waals surface area contributed by atoms with Crippen LogP contribution in [-0.2, 0) is 4.74 Å². The van der Waals surface area contributed by atoms with Gasteiger partial charge in [-0.1, -0.05) is 11.6 Å². The average molecular weight is 342 g/mol. The van der Waals surface area contributed by atoms with Gasteiger partial charge in [0.1, 0.15) is 5.75 Å². The molecule has 0 radical (unpaired) electrons. The van der Waals surface area contributed by atoms with Crippen LogP contribution in [0.5, 0.6) is 5.75 Å². The highest BCUT2D eigenvalue weighted by Crippen LogP contribution is 2.28. The van der Waals surface area contributed by atoms with Crippen LogP contribution in [0.2, 0.25) is 5.02 Å². The van der Waals surface area contributed by atoms with Gasteiger partial charge < -0.3 is 20.5 Å². The number of carbonyl (C=O) groups excluding carboxylic acids is 1. The Morgan fingerprint density at radius 1 is 1.43 bits per heavy atom. The van der Waals surface area contributed by atoms with E-state index in [0.29, 0.717) is 28.6 Å². The van der Waals surface area contributed by atoms with E-state index >= 15 is 0 Å². The molecule has 7 heteroatoms. The average Bonchev–Trinajstić information content (AvgIpc) is 2.55. The minimum absolute atomic E-state index is 0.162. The van der Waals surface area contributed by atoms with E-state index in [9.17, 15) is 4.79 Å². The first-order chi connectivity index (χ1) is 10.8. The molecule has 1 saturated heterocycles. The fourth-order valence-corrected chi connectivity index (χ4v) is 2.75. The van der Waals surface area contributed by atoms with Crippen molar-refractivity contribution in [3.05, 3.63) is 22.7 Å². The summed E-state index contributed by atoms with van der Waals surface area (Å²) in [6.07, 6.45) is 0. The molecule has 0 aliphatic carbocycles. The maximum Gasteiger partial charge on any atom is 0.255 e. The molecular weight excluding hydrogens is 318 g/mol. The van der Waals surface area contributed by atoms with Crippen molar-refractivity contribution in [2.24, 2.45) is 0 Å². The van der Waals surface area contributed by atoms with Crippen molar-refractivity contribution < 1.29 is 14.3 Å². The number of amides is 1. The summed E-state index contributed by atoms with van der Waals surface area (Å²) in [7, 11) is 1.50. The Hall–Kier alpha value is -1.50. The molecule has 2 rings (SSSR count). The van der Waals surface area contributed by atoms with Crippen LogP contribution in [0.1, 0.15) is 24.2 Å². The highest BCUT2D eigenvalue weighted by molar-refractivity contribution is 6.33. The first-order valence-electron chi connectivity index (χ1n) is 7.59. The molecule has 3 N–H and O–H groups in total. The molecule has 0 aromatic heterocycles. The number of nitrogens with zero attached hydrogens (tertiary/aromatic N) is 1. The normalized spacial score (nSPS) is 16.2. The number of morpholine rings is 1. The van der Waals surface area contributed by atoms with Gasteiger partial charge in [-0.2, -0.15) is 0 Å². The monoisotopic (exact) mass is 341 g/mol. The Morgan fingerprint density at radius 2 is 2.09 bits per heavy atom. The molecule has 1 fully saturated rings. The lowest BCUT2D eigenvalue weighted by atomic mass is 10.0.